The van der Waals surface area contributed by atoms with Crippen LogP contribution < -0.4 is 5.32 Å². The van der Waals surface area contributed by atoms with Crippen LogP contribution >= 0.6 is 12.6 Å². The molecular weight excluding hydrogens is 273 g/mol. The van der Waals surface area contributed by atoms with Gasteiger partial charge in [0.25, 0.3) is 0 Å². The van der Waals surface area contributed by atoms with Crippen LogP contribution in [0.4, 0.5) is 10.1 Å². The average molecular weight is 289 g/mol. The lowest BCUT2D eigenvalue weighted by Crippen LogP contribution is -2.25. The quantitative estimate of drug-likeness (QED) is 0.827. The first-order valence-electron chi connectivity index (χ1n) is 6.35. The van der Waals surface area contributed by atoms with Gasteiger partial charge >= 0.3 is 0 Å². The molecule has 0 aromatic heterocycles. The van der Waals surface area contributed by atoms with Crippen LogP contribution in [0.15, 0.2) is 48.5 Å². The SMILES string of the molecule is Cc1cc(NC(=O)C(S)Cc2ccccc2)ccc1F. The van der Waals surface area contributed by atoms with Crippen LogP contribution in [0.1, 0.15) is 11.1 Å². The Morgan fingerprint density at radius 3 is 2.60 bits per heavy atom. The van der Waals surface area contributed by atoms with Crippen molar-refractivity contribution in [3.8, 4) is 0 Å². The molecule has 2 aromatic carbocycles. The fourth-order valence-electron chi connectivity index (χ4n) is 1.88. The number of thiol groups is 1. The van der Waals surface area contributed by atoms with Crippen molar-refractivity contribution in [2.75, 3.05) is 5.32 Å². The van der Waals surface area contributed by atoms with E-state index in [2.05, 4.69) is 17.9 Å². The predicted molar refractivity (Wildman–Crippen MR) is 82.7 cm³/mol. The zero-order valence-corrected chi connectivity index (χ0v) is 12.0. The first-order valence-corrected chi connectivity index (χ1v) is 6.87. The van der Waals surface area contributed by atoms with Gasteiger partial charge in [0.05, 0.1) is 5.25 Å². The molecule has 1 N–H and O–H groups in total. The van der Waals surface area contributed by atoms with E-state index < -0.39 is 5.25 Å². The van der Waals surface area contributed by atoms with Crippen molar-refractivity contribution in [2.24, 2.45) is 0 Å². The number of amides is 1. The Morgan fingerprint density at radius 1 is 1.25 bits per heavy atom. The molecule has 2 rings (SSSR count). The molecule has 0 spiro atoms. The number of carbonyl (C=O) groups is 1. The van der Waals surface area contributed by atoms with Crippen molar-refractivity contribution in [1.82, 2.24) is 0 Å². The summed E-state index contributed by atoms with van der Waals surface area (Å²) in [6, 6.07) is 14.2. The first-order chi connectivity index (χ1) is 9.56. The van der Waals surface area contributed by atoms with Gasteiger partial charge in [-0.1, -0.05) is 30.3 Å². The molecule has 0 aliphatic heterocycles. The summed E-state index contributed by atoms with van der Waals surface area (Å²) >= 11 is 4.33. The molecule has 1 amide bonds. The highest BCUT2D eigenvalue weighted by molar-refractivity contribution is 7.81. The van der Waals surface area contributed by atoms with Crippen LogP contribution in [-0.4, -0.2) is 11.2 Å². The lowest BCUT2D eigenvalue weighted by atomic mass is 10.1. The Bertz CT molecular complexity index is 601. The molecule has 2 nitrogen and oxygen atoms in total. The summed E-state index contributed by atoms with van der Waals surface area (Å²) in [5, 5.41) is 2.31. The minimum atomic E-state index is -0.442. The van der Waals surface area contributed by atoms with E-state index in [9.17, 15) is 9.18 Å². The number of halogens is 1. The zero-order chi connectivity index (χ0) is 14.5. The van der Waals surface area contributed by atoms with Gasteiger partial charge in [0.15, 0.2) is 0 Å². The maximum absolute atomic E-state index is 13.2. The second-order valence-corrected chi connectivity index (χ2v) is 5.28. The number of rotatable bonds is 4. The number of anilines is 1. The molecule has 0 saturated carbocycles. The molecule has 0 radical (unpaired) electrons. The minimum Gasteiger partial charge on any atom is -0.325 e. The number of nitrogens with one attached hydrogen (secondary N) is 1. The summed E-state index contributed by atoms with van der Waals surface area (Å²) < 4.78 is 13.2. The Morgan fingerprint density at radius 2 is 1.95 bits per heavy atom. The zero-order valence-electron chi connectivity index (χ0n) is 11.1. The summed E-state index contributed by atoms with van der Waals surface area (Å²) in [5.74, 6) is -0.474. The van der Waals surface area contributed by atoms with Crippen molar-refractivity contribution in [3.63, 3.8) is 0 Å². The van der Waals surface area contributed by atoms with Gasteiger partial charge in [-0.25, -0.2) is 4.39 Å². The molecule has 0 aliphatic rings. The molecule has 0 saturated heterocycles. The van der Waals surface area contributed by atoms with Crippen molar-refractivity contribution in [3.05, 3.63) is 65.5 Å². The van der Waals surface area contributed by atoms with Crippen LogP contribution in [0.25, 0.3) is 0 Å². The Hall–Kier alpha value is -1.81. The second kappa shape index (κ2) is 6.57. The first kappa shape index (κ1) is 14.6. The third-order valence-electron chi connectivity index (χ3n) is 3.00. The van der Waals surface area contributed by atoms with E-state index in [0.29, 0.717) is 17.7 Å². The van der Waals surface area contributed by atoms with Crippen molar-refractivity contribution >= 4 is 24.2 Å². The summed E-state index contributed by atoms with van der Waals surface area (Å²) in [4.78, 5) is 12.0. The van der Waals surface area contributed by atoms with Gasteiger partial charge in [0, 0.05) is 5.69 Å². The van der Waals surface area contributed by atoms with Gasteiger partial charge in [-0.2, -0.15) is 12.6 Å². The Balaban J connectivity index is 1.99. The summed E-state index contributed by atoms with van der Waals surface area (Å²) in [5.41, 5.74) is 2.14. The maximum Gasteiger partial charge on any atom is 0.237 e. The van der Waals surface area contributed by atoms with Crippen LogP contribution in [0.3, 0.4) is 0 Å². The molecule has 20 heavy (non-hydrogen) atoms. The Kier molecular flexibility index (Phi) is 4.79. The van der Waals surface area contributed by atoms with Crippen LogP contribution in [0.2, 0.25) is 0 Å². The van der Waals surface area contributed by atoms with Crippen molar-refractivity contribution < 1.29 is 9.18 Å². The van der Waals surface area contributed by atoms with E-state index in [1.165, 1.54) is 6.07 Å². The van der Waals surface area contributed by atoms with Crippen LogP contribution in [0.5, 0.6) is 0 Å². The third kappa shape index (κ3) is 3.84. The monoisotopic (exact) mass is 289 g/mol. The molecule has 0 bridgehead atoms. The highest BCUT2D eigenvalue weighted by atomic mass is 32.1. The van der Waals surface area contributed by atoms with Gasteiger partial charge in [-0.05, 0) is 42.7 Å². The van der Waals surface area contributed by atoms with Gasteiger partial charge < -0.3 is 5.32 Å². The van der Waals surface area contributed by atoms with Gasteiger partial charge in [-0.15, -0.1) is 0 Å². The normalized spacial score (nSPS) is 11.9. The van der Waals surface area contributed by atoms with E-state index >= 15 is 0 Å². The number of aryl methyl sites for hydroxylation is 1. The standard InChI is InChI=1S/C16H16FNOS/c1-11-9-13(7-8-14(11)17)18-16(19)15(20)10-12-5-3-2-4-6-12/h2-9,15,20H,10H2,1H3,(H,18,19). The van der Waals surface area contributed by atoms with Crippen molar-refractivity contribution in [1.29, 1.82) is 0 Å². The topological polar surface area (TPSA) is 29.1 Å². The number of hydrogen-bond donors (Lipinski definition) is 2. The molecule has 0 heterocycles. The highest BCUT2D eigenvalue weighted by Gasteiger charge is 2.15. The summed E-state index contributed by atoms with van der Waals surface area (Å²) in [6.07, 6.45) is 0.552. The van der Waals surface area contributed by atoms with E-state index in [-0.39, 0.29) is 11.7 Å². The second-order valence-electron chi connectivity index (χ2n) is 4.66. The van der Waals surface area contributed by atoms with Gasteiger partial charge in [0.2, 0.25) is 5.91 Å². The van der Waals surface area contributed by atoms with Crippen LogP contribution in [-0.2, 0) is 11.2 Å². The maximum atomic E-state index is 13.2. The predicted octanol–water partition coefficient (Wildman–Crippen LogP) is 3.61. The third-order valence-corrected chi connectivity index (χ3v) is 3.42. The smallest absolute Gasteiger partial charge is 0.237 e. The van der Waals surface area contributed by atoms with E-state index in [0.717, 1.165) is 5.56 Å². The molecular formula is C16H16FNOS. The molecule has 104 valence electrons. The van der Waals surface area contributed by atoms with Gasteiger partial charge in [-0.3, -0.25) is 4.79 Å². The fourth-order valence-corrected chi connectivity index (χ4v) is 2.15. The molecule has 4 heteroatoms. The number of benzene rings is 2. The van der Waals surface area contributed by atoms with Crippen LogP contribution in [0, 0.1) is 12.7 Å². The molecule has 0 fully saturated rings. The highest BCUT2D eigenvalue weighted by Crippen LogP contribution is 2.15. The molecule has 1 unspecified atom stereocenters. The van der Waals surface area contributed by atoms with E-state index in [1.807, 2.05) is 30.3 Å². The summed E-state index contributed by atoms with van der Waals surface area (Å²) in [7, 11) is 0. The lowest BCUT2D eigenvalue weighted by Gasteiger charge is -2.12. The largest absolute Gasteiger partial charge is 0.325 e. The van der Waals surface area contributed by atoms with E-state index in [1.54, 1.807) is 19.1 Å². The van der Waals surface area contributed by atoms with Crippen molar-refractivity contribution in [2.45, 2.75) is 18.6 Å². The molecule has 2 aromatic rings. The minimum absolute atomic E-state index is 0.191. The molecule has 1 atom stereocenters. The van der Waals surface area contributed by atoms with E-state index in [4.69, 9.17) is 0 Å². The average Bonchev–Trinajstić information content (AvgIpc) is 2.44. The number of hydrogen-bond acceptors (Lipinski definition) is 2. The molecule has 0 aliphatic carbocycles. The summed E-state index contributed by atoms with van der Waals surface area (Å²) in [6.45, 7) is 1.66. The van der Waals surface area contributed by atoms with Gasteiger partial charge in [0.1, 0.15) is 5.82 Å². The number of carbonyl (C=O) groups excluding carboxylic acids is 1. The fraction of sp³-hybridized carbons (Fsp3) is 0.188. The Labute approximate surface area is 123 Å². The lowest BCUT2D eigenvalue weighted by molar-refractivity contribution is -0.115.